The number of halogens is 12. The summed E-state index contributed by atoms with van der Waals surface area (Å²) in [4.78, 5) is 35.0. The highest BCUT2D eigenvalue weighted by Gasteiger charge is 2.48. The first-order valence-corrected chi connectivity index (χ1v) is 50.7. The average Bonchev–Trinajstić information content (AvgIpc) is 1.55. The minimum Gasteiger partial charge on any atom is -0.505 e. The highest BCUT2D eigenvalue weighted by Crippen LogP contribution is 2.48. The Morgan fingerprint density at radius 3 is 1.12 bits per heavy atom. The molecule has 0 radical (unpaired) electrons. The summed E-state index contributed by atoms with van der Waals surface area (Å²) in [6.07, 6.45) is 12.7. The minimum absolute atomic E-state index is 0.00259. The van der Waals surface area contributed by atoms with E-state index in [9.17, 15) is 50.1 Å². The van der Waals surface area contributed by atoms with Gasteiger partial charge in [-0.05, 0) is 177 Å². The summed E-state index contributed by atoms with van der Waals surface area (Å²) in [5, 5.41) is 33.9. The highest BCUT2D eigenvalue weighted by atomic mass is 79.9. The Bertz CT molecular complexity index is 6870. The first-order valence-electron chi connectivity index (χ1n) is 44.7. The third kappa shape index (κ3) is 24.2. The van der Waals surface area contributed by atoms with Crippen molar-refractivity contribution < 1.29 is 83.0 Å². The van der Waals surface area contributed by atoms with Gasteiger partial charge in [0.15, 0.2) is 80.6 Å². The van der Waals surface area contributed by atoms with E-state index in [0.717, 1.165) is 121 Å². The molecule has 0 bridgehead atoms. The number of H-pyrrole nitrogens is 2. The maximum atomic E-state index is 15.3. The molecular formula is C108H106Br2F10N8O8Si2. The molecule has 0 saturated carbocycles. The van der Waals surface area contributed by atoms with E-state index in [4.69, 9.17) is 29.0 Å². The number of phenols is 1. The fourth-order valence-electron chi connectivity index (χ4n) is 18.3. The quantitative estimate of drug-likeness (QED) is 0.0141. The predicted octanol–water partition coefficient (Wildman–Crippen LogP) is 29.1. The molecule has 30 heteroatoms. The number of aromatic hydroxyl groups is 1. The number of benzene rings is 9. The van der Waals surface area contributed by atoms with Crippen molar-refractivity contribution in [1.29, 1.82) is 0 Å². The zero-order valence-corrected chi connectivity index (χ0v) is 83.1. The molecule has 138 heavy (non-hydrogen) atoms. The molecule has 2 atom stereocenters. The van der Waals surface area contributed by atoms with E-state index in [1.807, 2.05) is 170 Å². The number of aldehydes is 1. The van der Waals surface area contributed by atoms with Crippen LogP contribution < -0.4 is 18.9 Å². The number of aromatic nitrogens is 8. The number of rotatable bonds is 27. The second-order valence-electron chi connectivity index (χ2n) is 34.8. The number of nitrogens with zero attached hydrogens (tertiary/aromatic N) is 6. The van der Waals surface area contributed by atoms with Crippen molar-refractivity contribution in [3.8, 4) is 28.7 Å². The van der Waals surface area contributed by atoms with Gasteiger partial charge in [-0.2, -0.15) is 0 Å². The van der Waals surface area contributed by atoms with E-state index < -0.39 is 92.6 Å². The summed E-state index contributed by atoms with van der Waals surface area (Å²) in [6, 6.07) is 61.9. The van der Waals surface area contributed by atoms with E-state index in [1.54, 1.807) is 43.1 Å². The van der Waals surface area contributed by atoms with Gasteiger partial charge in [-0.15, -0.1) is 0 Å². The van der Waals surface area contributed by atoms with Gasteiger partial charge in [0, 0.05) is 136 Å². The molecule has 9 aromatic carbocycles. The smallest absolute Gasteiger partial charge is 0.171 e. The van der Waals surface area contributed by atoms with Gasteiger partial charge in [0.05, 0.1) is 8.95 Å². The van der Waals surface area contributed by atoms with Gasteiger partial charge in [-0.1, -0.05) is 204 Å². The van der Waals surface area contributed by atoms with Gasteiger partial charge in [-0.3, -0.25) is 4.79 Å². The van der Waals surface area contributed by atoms with Crippen LogP contribution in [0.25, 0.3) is 44.1 Å². The fraction of sp³-hybridized carbons (Fsp3) is 0.231. The monoisotopic (exact) mass is 2050 g/mol. The Balaban J connectivity index is 0.000000154. The summed E-state index contributed by atoms with van der Waals surface area (Å²) in [5.74, 6) is -7.89. The minimum atomic E-state index is -2.22. The molecule has 0 fully saturated rings. The molecule has 8 heterocycles. The number of hydrogen-bond acceptors (Lipinski definition) is 12. The van der Waals surface area contributed by atoms with E-state index in [2.05, 4.69) is 155 Å². The van der Waals surface area contributed by atoms with Crippen molar-refractivity contribution in [2.24, 2.45) is 0 Å². The zero-order chi connectivity index (χ0) is 99.4. The van der Waals surface area contributed by atoms with Gasteiger partial charge in [0.1, 0.15) is 90.3 Å². The number of carbonyl (C=O) groups excluding carboxylic acids is 1. The van der Waals surface area contributed by atoms with E-state index in [1.165, 1.54) is 6.07 Å². The van der Waals surface area contributed by atoms with Crippen LogP contribution in [-0.2, 0) is 32.8 Å². The molecule has 718 valence electrons. The number of pyridine rings is 4. The normalized spacial score (nSPS) is 11.9. The number of aliphatic hydroxyl groups excluding tert-OH is 2. The van der Waals surface area contributed by atoms with Crippen LogP contribution in [0.3, 0.4) is 0 Å². The lowest BCUT2D eigenvalue weighted by molar-refractivity contribution is 0.112. The first-order chi connectivity index (χ1) is 66.1. The van der Waals surface area contributed by atoms with Gasteiger partial charge in [0.25, 0.3) is 0 Å². The van der Waals surface area contributed by atoms with Crippen LogP contribution in [0.1, 0.15) is 161 Å². The van der Waals surface area contributed by atoms with Crippen LogP contribution in [-0.4, -0.2) is 76.4 Å². The number of aromatic amines is 2. The molecule has 0 amide bonds. The Labute approximate surface area is 813 Å². The Kier molecular flexibility index (Phi) is 35.7. The second kappa shape index (κ2) is 47.4. The molecule has 0 saturated heterocycles. The lowest BCUT2D eigenvalue weighted by atomic mass is 10.0. The van der Waals surface area contributed by atoms with Crippen molar-refractivity contribution in [3.05, 3.63) is 408 Å². The van der Waals surface area contributed by atoms with E-state index in [-0.39, 0.29) is 81.5 Å². The molecule has 8 aromatic heterocycles. The van der Waals surface area contributed by atoms with Crippen molar-refractivity contribution in [3.63, 3.8) is 0 Å². The number of fused-ring (bicyclic) bond motifs is 4. The SMILES string of the molecule is CC(C)[Si](C(C)C)(C(C)C)n1cc(C(O)c2cc(F)c(OCc3ccccc3)cc2F)c2cccnc21.CC(C)[Si](C(C)C)(C(C)C)n1cc(C=O)c2cccnc21.Fc1cc(OCc2ccccc2)c(F)cc1Br.Fc1cc(OCc2ccccc2)c(F)cc1Cc1c[nH]c2ncccc12.OC(c1cc(F)c(OCc2ccccc2)cc1F)c1c[nH]c2ncccc12.Oc1cc(F)c(Br)cc1F. The maximum absolute atomic E-state index is 15.3. The second-order valence-corrected chi connectivity index (χ2v) is 48.0. The molecule has 2 unspecified atom stereocenters. The molecule has 17 aromatic rings. The molecule has 0 spiro atoms. The Hall–Kier alpha value is -13.0. The Morgan fingerprint density at radius 1 is 0.348 bits per heavy atom. The summed E-state index contributed by atoms with van der Waals surface area (Å²) in [7, 11) is -4.08. The lowest BCUT2D eigenvalue weighted by Crippen LogP contribution is -2.51. The summed E-state index contributed by atoms with van der Waals surface area (Å²) in [5.41, 5.74) is 12.0. The third-order valence-corrected chi connectivity index (χ3v) is 39.1. The average molecular weight is 2050 g/mol. The van der Waals surface area contributed by atoms with Crippen LogP contribution in [0.5, 0.6) is 28.7 Å². The maximum Gasteiger partial charge on any atom is 0.171 e. The van der Waals surface area contributed by atoms with Crippen LogP contribution in [0, 0.1) is 58.2 Å². The topological polar surface area (TPSA) is 208 Å². The number of ether oxygens (including phenoxy) is 4. The highest BCUT2D eigenvalue weighted by molar-refractivity contribution is 9.10. The van der Waals surface area contributed by atoms with Crippen molar-refractivity contribution >= 4 is 98.8 Å². The number of aliphatic hydroxyl groups is 2. The molecule has 0 aliphatic rings. The molecular weight excluding hydrogens is 1940 g/mol. The van der Waals surface area contributed by atoms with Crippen LogP contribution in [0.4, 0.5) is 43.9 Å². The van der Waals surface area contributed by atoms with Crippen molar-refractivity contribution in [2.75, 3.05) is 0 Å². The lowest BCUT2D eigenvalue weighted by Gasteiger charge is -2.44. The summed E-state index contributed by atoms with van der Waals surface area (Å²) < 4.78 is 166. The predicted molar refractivity (Wildman–Crippen MR) is 533 cm³/mol. The number of phenolic OH excluding ortho intramolecular Hbond substituents is 1. The first kappa shape index (κ1) is 104. The van der Waals surface area contributed by atoms with Gasteiger partial charge >= 0.3 is 0 Å². The molecule has 16 nitrogen and oxygen atoms in total. The number of nitrogens with one attached hydrogen (secondary N) is 2. The Morgan fingerprint density at radius 2 is 0.688 bits per heavy atom. The summed E-state index contributed by atoms with van der Waals surface area (Å²) >= 11 is 5.66. The third-order valence-electron chi connectivity index (χ3n) is 24.4. The molecule has 0 aliphatic carbocycles. The zero-order valence-electron chi connectivity index (χ0n) is 77.9. The number of carbonyl (C=O) groups is 1. The van der Waals surface area contributed by atoms with Crippen LogP contribution in [0.15, 0.2) is 289 Å². The molecule has 0 aliphatic heterocycles. The van der Waals surface area contributed by atoms with Crippen LogP contribution >= 0.6 is 31.9 Å². The summed E-state index contributed by atoms with van der Waals surface area (Å²) in [6.45, 7) is 28.1. The van der Waals surface area contributed by atoms with Gasteiger partial charge < -0.3 is 52.7 Å². The van der Waals surface area contributed by atoms with E-state index in [0.29, 0.717) is 61.5 Å². The van der Waals surface area contributed by atoms with Crippen molar-refractivity contribution in [1.82, 2.24) is 38.4 Å². The van der Waals surface area contributed by atoms with Crippen molar-refractivity contribution in [2.45, 2.75) is 161 Å². The van der Waals surface area contributed by atoms with Gasteiger partial charge in [0.2, 0.25) is 0 Å². The molecule has 5 N–H and O–H groups in total. The fourth-order valence-corrected chi connectivity index (χ4v) is 32.0. The largest absolute Gasteiger partial charge is 0.505 e. The van der Waals surface area contributed by atoms with E-state index >= 15 is 8.78 Å². The molecule has 17 rings (SSSR count). The number of hydrogen-bond donors (Lipinski definition) is 5. The van der Waals surface area contributed by atoms with Gasteiger partial charge in [-0.25, -0.2) is 63.8 Å². The standard InChI is InChI=1S/C30H36F2N2O2Si.C21H16F2N2O2.C21H16F2N2O.C17H26N2OSi.C13H9BrF2O.C6H3BrF2O/c1-19(2)37(20(3)4,21(5)6)34-17-25(23-13-10-14-33-30(23)34)29(35)24-15-27(32)28(16-26(24)31)36-18-22-11-8-7-9-12-22;22-17-10-19(27-12-13-5-2-1-3-6-13)18(23)9-15(17)20(26)16-11-25-21-14(16)7-4-8-24-21;22-18-11-20(26-13-14-5-2-1-3-6-14)19(23)10-15(18)9-16-12-25-21-17(16)7-4-8-24-21;1-12(2)21(13(3)4,14(5)6)19-10-15(11-20)16-8-7-9-18-17(16)19;14-10-6-12(16)13(7-11(10)15)17-8-9-4-2-1-3-5-9;7-3-1-5(9)6(10)2-4(3)8/h7-17,19-21,29,35H,18H2,1-6H3;1-11,20,26H,12H2,(H,24,25);1-8,10-12H,9,13H2,(H,24,25);7-14H,1-6H3;1-7H,8H2;1-2,10H. The van der Waals surface area contributed by atoms with Crippen LogP contribution in [0.2, 0.25) is 33.2 Å².